The molecule has 0 spiro atoms. The number of halogens is 21. The predicted octanol–water partition coefficient (Wildman–Crippen LogP) is 6.55. The summed E-state index contributed by atoms with van der Waals surface area (Å²) < 4.78 is 274. The Bertz CT molecular complexity index is 752. The van der Waals surface area contributed by atoms with Crippen LogP contribution in [-0.2, 0) is 4.84 Å². The van der Waals surface area contributed by atoms with Crippen molar-refractivity contribution in [1.82, 2.24) is 0 Å². The standard InChI is InChI=1S/C12H6F21NO/c13-3(14,1-2-35-34)4(15,16)5(17,18)6(19,20)7(21,22)8(23,24)9(25,26)10(27,28)11(29,30)12(31,32)33/h1-2,34H2. The highest BCUT2D eigenvalue weighted by Gasteiger charge is 2.97. The third kappa shape index (κ3) is 4.22. The maximum Gasteiger partial charge on any atom is 0.460 e. The van der Waals surface area contributed by atoms with Gasteiger partial charge in [-0.1, -0.05) is 0 Å². The van der Waals surface area contributed by atoms with Crippen LogP contribution in [0.15, 0.2) is 0 Å². The molecular formula is C12H6F21NO. The van der Waals surface area contributed by atoms with Gasteiger partial charge in [-0.15, -0.1) is 0 Å². The maximum absolute atomic E-state index is 13.4. The summed E-state index contributed by atoms with van der Waals surface area (Å²) in [5.74, 6) is -72.9. The van der Waals surface area contributed by atoms with E-state index in [0.717, 1.165) is 0 Å². The lowest BCUT2D eigenvalue weighted by molar-refractivity contribution is -0.474. The summed E-state index contributed by atoms with van der Waals surface area (Å²) in [6.07, 6.45) is -10.9. The van der Waals surface area contributed by atoms with Crippen LogP contribution in [0.2, 0.25) is 0 Å². The van der Waals surface area contributed by atoms with Gasteiger partial charge in [0.25, 0.3) is 0 Å². The Kier molecular flexibility index (Phi) is 8.12. The molecule has 0 fully saturated rings. The van der Waals surface area contributed by atoms with E-state index >= 15 is 0 Å². The third-order valence-electron chi connectivity index (χ3n) is 4.11. The molecule has 0 aromatic carbocycles. The summed E-state index contributed by atoms with van der Waals surface area (Å²) in [7, 11) is 0. The molecule has 0 atom stereocenters. The largest absolute Gasteiger partial charge is 0.460 e. The molecule has 23 heteroatoms. The van der Waals surface area contributed by atoms with Crippen molar-refractivity contribution >= 4 is 0 Å². The van der Waals surface area contributed by atoms with Crippen LogP contribution >= 0.6 is 0 Å². The fraction of sp³-hybridized carbons (Fsp3) is 1.00. The minimum atomic E-state index is -9.17. The van der Waals surface area contributed by atoms with Crippen LogP contribution in [0.5, 0.6) is 0 Å². The summed E-state index contributed by atoms with van der Waals surface area (Å²) in [5, 5.41) is 0. The van der Waals surface area contributed by atoms with E-state index in [4.69, 9.17) is 0 Å². The van der Waals surface area contributed by atoms with Crippen molar-refractivity contribution < 1.29 is 97.0 Å². The van der Waals surface area contributed by atoms with Gasteiger partial charge in [0.2, 0.25) is 0 Å². The highest BCUT2D eigenvalue weighted by molar-refractivity contribution is 5.17. The molecule has 0 bridgehead atoms. The Morgan fingerprint density at radius 1 is 0.371 bits per heavy atom. The van der Waals surface area contributed by atoms with Crippen molar-refractivity contribution in [3.05, 3.63) is 0 Å². The Labute approximate surface area is 177 Å². The highest BCUT2D eigenvalue weighted by atomic mass is 19.4. The zero-order valence-corrected chi connectivity index (χ0v) is 15.3. The molecule has 0 saturated heterocycles. The van der Waals surface area contributed by atoms with E-state index in [1.807, 2.05) is 0 Å². The van der Waals surface area contributed by atoms with Gasteiger partial charge >= 0.3 is 59.5 Å². The summed E-state index contributed by atoms with van der Waals surface area (Å²) in [6.45, 7) is -1.96. The normalized spacial score (nSPS) is 16.6. The minimum Gasteiger partial charge on any atom is -0.304 e. The molecule has 0 aliphatic carbocycles. The van der Waals surface area contributed by atoms with Crippen LogP contribution in [0.4, 0.5) is 92.2 Å². The van der Waals surface area contributed by atoms with Crippen molar-refractivity contribution in [2.24, 2.45) is 5.90 Å². The van der Waals surface area contributed by atoms with Crippen LogP contribution in [0, 0.1) is 0 Å². The van der Waals surface area contributed by atoms with Gasteiger partial charge in [0.05, 0.1) is 6.61 Å². The molecule has 2 nitrogen and oxygen atoms in total. The first-order valence-electron chi connectivity index (χ1n) is 7.60. The number of nitrogens with two attached hydrogens (primary N) is 1. The van der Waals surface area contributed by atoms with Gasteiger partial charge < -0.3 is 4.84 Å². The molecule has 0 heterocycles. The molecule has 0 rings (SSSR count). The number of rotatable bonds is 11. The van der Waals surface area contributed by atoms with Crippen molar-refractivity contribution in [3.63, 3.8) is 0 Å². The van der Waals surface area contributed by atoms with E-state index in [9.17, 15) is 92.2 Å². The highest BCUT2D eigenvalue weighted by Crippen LogP contribution is 2.66. The van der Waals surface area contributed by atoms with Gasteiger partial charge in [-0.05, 0) is 0 Å². The number of alkyl halides is 21. The van der Waals surface area contributed by atoms with Crippen molar-refractivity contribution in [2.45, 2.75) is 65.9 Å². The van der Waals surface area contributed by atoms with E-state index in [-0.39, 0.29) is 0 Å². The predicted molar refractivity (Wildman–Crippen MR) is 65.3 cm³/mol. The zero-order valence-electron chi connectivity index (χ0n) is 15.3. The lowest BCUT2D eigenvalue weighted by atomic mass is 9.86. The molecule has 35 heavy (non-hydrogen) atoms. The molecule has 212 valence electrons. The van der Waals surface area contributed by atoms with Gasteiger partial charge in [-0.25, -0.2) is 5.90 Å². The average Bonchev–Trinajstić information content (AvgIpc) is 2.64. The molecule has 0 saturated carbocycles. The van der Waals surface area contributed by atoms with Gasteiger partial charge in [0, 0.05) is 6.42 Å². The molecule has 0 unspecified atom stereocenters. The van der Waals surface area contributed by atoms with E-state index in [0.29, 0.717) is 0 Å². The second-order valence-corrected chi connectivity index (χ2v) is 6.42. The molecule has 0 aliphatic rings. The van der Waals surface area contributed by atoms with Crippen molar-refractivity contribution in [1.29, 1.82) is 0 Å². The Hall–Kier alpha value is -1.55. The second-order valence-electron chi connectivity index (χ2n) is 6.42. The topological polar surface area (TPSA) is 35.2 Å². The molecule has 0 aliphatic heterocycles. The lowest BCUT2D eigenvalue weighted by Gasteiger charge is -2.44. The first-order valence-corrected chi connectivity index (χ1v) is 7.60. The second kappa shape index (κ2) is 8.50. The maximum atomic E-state index is 13.4. The van der Waals surface area contributed by atoms with Gasteiger partial charge in [0.15, 0.2) is 0 Å². The fourth-order valence-corrected chi connectivity index (χ4v) is 1.93. The number of hydrogen-bond donors (Lipinski definition) is 1. The molecule has 0 radical (unpaired) electrons. The summed E-state index contributed by atoms with van der Waals surface area (Å²) in [5.41, 5.74) is 0. The summed E-state index contributed by atoms with van der Waals surface area (Å²) in [4.78, 5) is 3.17. The van der Waals surface area contributed by atoms with E-state index in [1.165, 1.54) is 0 Å². The third-order valence-corrected chi connectivity index (χ3v) is 4.11. The van der Waals surface area contributed by atoms with Crippen molar-refractivity contribution in [3.8, 4) is 0 Å². The summed E-state index contributed by atoms with van der Waals surface area (Å²) in [6, 6.07) is 0. The van der Waals surface area contributed by atoms with Crippen LogP contribution in [0.1, 0.15) is 6.42 Å². The van der Waals surface area contributed by atoms with Crippen molar-refractivity contribution in [2.75, 3.05) is 6.61 Å². The monoisotopic (exact) mass is 579 g/mol. The first kappa shape index (κ1) is 33.4. The van der Waals surface area contributed by atoms with Crippen LogP contribution in [0.3, 0.4) is 0 Å². The molecule has 2 N–H and O–H groups in total. The van der Waals surface area contributed by atoms with Crippen LogP contribution < -0.4 is 5.90 Å². The SMILES string of the molecule is NOCCC(F)(F)C(F)(F)C(F)(F)C(F)(F)C(F)(F)C(F)(F)C(F)(F)C(F)(F)C(F)(F)C(F)(F)F. The molecule has 0 aromatic heterocycles. The smallest absolute Gasteiger partial charge is 0.304 e. The quantitative estimate of drug-likeness (QED) is 0.223. The molecular weight excluding hydrogens is 573 g/mol. The minimum absolute atomic E-state index is 1.96. The Morgan fingerprint density at radius 3 is 0.829 bits per heavy atom. The van der Waals surface area contributed by atoms with Gasteiger partial charge in [0.1, 0.15) is 0 Å². The Morgan fingerprint density at radius 2 is 0.600 bits per heavy atom. The number of hydrogen-bond acceptors (Lipinski definition) is 2. The van der Waals surface area contributed by atoms with Gasteiger partial charge in [-0.3, -0.25) is 0 Å². The van der Waals surface area contributed by atoms with E-state index < -0.39 is 72.5 Å². The average molecular weight is 579 g/mol. The fourth-order valence-electron chi connectivity index (χ4n) is 1.93. The Balaban J connectivity index is 6.97. The van der Waals surface area contributed by atoms with Crippen LogP contribution in [-0.4, -0.2) is 66.1 Å². The lowest BCUT2D eigenvalue weighted by Crippen LogP contribution is -2.76. The van der Waals surface area contributed by atoms with Crippen LogP contribution in [0.25, 0.3) is 0 Å². The molecule has 0 amide bonds. The van der Waals surface area contributed by atoms with E-state index in [1.54, 1.807) is 0 Å². The summed E-state index contributed by atoms with van der Waals surface area (Å²) >= 11 is 0. The first-order chi connectivity index (χ1) is 14.8. The molecule has 0 aromatic rings. The van der Waals surface area contributed by atoms with Gasteiger partial charge in [-0.2, -0.15) is 92.2 Å². The zero-order chi connectivity index (χ0) is 29.1. The van der Waals surface area contributed by atoms with E-state index in [2.05, 4.69) is 10.7 Å².